The predicted molar refractivity (Wildman–Crippen MR) is 89.4 cm³/mol. The van der Waals surface area contributed by atoms with Crippen LogP contribution in [0.1, 0.15) is 24.4 Å². The topological polar surface area (TPSA) is 72.3 Å². The number of ether oxygens (including phenoxy) is 1. The summed E-state index contributed by atoms with van der Waals surface area (Å²) in [6.07, 6.45) is 2.46. The lowest BCUT2D eigenvalue weighted by Gasteiger charge is -2.33. The van der Waals surface area contributed by atoms with Gasteiger partial charge in [0.05, 0.1) is 18.8 Å². The standard InChI is InChI=1S/C17H23N5O2/c1-13(16-20-18-12-21(16)2)19-17(23)22-8-9-24-15(11-22)10-14-6-4-3-5-7-14/h3-7,12-13,15H,8-11H2,1-2H3,(H,19,23). The van der Waals surface area contributed by atoms with Crippen LogP contribution in [0, 0.1) is 0 Å². The van der Waals surface area contributed by atoms with Crippen LogP contribution in [0.15, 0.2) is 36.7 Å². The van der Waals surface area contributed by atoms with E-state index < -0.39 is 0 Å². The Labute approximate surface area is 141 Å². The molecule has 1 aliphatic heterocycles. The van der Waals surface area contributed by atoms with Crippen molar-refractivity contribution in [2.45, 2.75) is 25.5 Å². The van der Waals surface area contributed by atoms with Gasteiger partial charge in [0.2, 0.25) is 0 Å². The van der Waals surface area contributed by atoms with E-state index in [1.54, 1.807) is 6.33 Å². The fourth-order valence-corrected chi connectivity index (χ4v) is 2.93. The molecular formula is C17H23N5O2. The molecular weight excluding hydrogens is 306 g/mol. The first-order valence-electron chi connectivity index (χ1n) is 8.18. The molecule has 0 bridgehead atoms. The van der Waals surface area contributed by atoms with E-state index in [4.69, 9.17) is 4.74 Å². The fourth-order valence-electron chi connectivity index (χ4n) is 2.93. The van der Waals surface area contributed by atoms with E-state index in [0.717, 1.165) is 12.2 Å². The van der Waals surface area contributed by atoms with E-state index in [0.29, 0.717) is 19.7 Å². The number of aryl methyl sites for hydroxylation is 1. The number of morpholine rings is 1. The summed E-state index contributed by atoms with van der Waals surface area (Å²) in [5.41, 5.74) is 1.22. The average Bonchev–Trinajstić information content (AvgIpc) is 3.02. The lowest BCUT2D eigenvalue weighted by Crippen LogP contribution is -2.50. The number of benzene rings is 1. The molecule has 0 spiro atoms. The van der Waals surface area contributed by atoms with Crippen LogP contribution in [0.4, 0.5) is 4.79 Å². The average molecular weight is 329 g/mol. The van der Waals surface area contributed by atoms with Crippen molar-refractivity contribution in [3.63, 3.8) is 0 Å². The molecule has 2 unspecified atom stereocenters. The number of hydrogen-bond acceptors (Lipinski definition) is 4. The zero-order valence-electron chi connectivity index (χ0n) is 14.1. The second-order valence-corrected chi connectivity index (χ2v) is 6.10. The van der Waals surface area contributed by atoms with Crippen LogP contribution in [0.2, 0.25) is 0 Å². The molecule has 0 aliphatic carbocycles. The second-order valence-electron chi connectivity index (χ2n) is 6.10. The largest absolute Gasteiger partial charge is 0.374 e. The van der Waals surface area contributed by atoms with Crippen molar-refractivity contribution in [2.24, 2.45) is 7.05 Å². The Kier molecular flexibility index (Phi) is 5.10. The maximum Gasteiger partial charge on any atom is 0.318 e. The number of nitrogens with zero attached hydrogens (tertiary/aromatic N) is 4. The molecule has 2 heterocycles. The highest BCUT2D eigenvalue weighted by molar-refractivity contribution is 5.74. The molecule has 128 valence electrons. The molecule has 24 heavy (non-hydrogen) atoms. The van der Waals surface area contributed by atoms with Crippen molar-refractivity contribution >= 4 is 6.03 Å². The molecule has 1 saturated heterocycles. The van der Waals surface area contributed by atoms with Gasteiger partial charge in [0, 0.05) is 26.6 Å². The Morgan fingerprint density at radius 3 is 2.92 bits per heavy atom. The first-order valence-corrected chi connectivity index (χ1v) is 8.18. The highest BCUT2D eigenvalue weighted by Crippen LogP contribution is 2.13. The zero-order valence-corrected chi connectivity index (χ0v) is 14.1. The summed E-state index contributed by atoms with van der Waals surface area (Å²) in [7, 11) is 1.86. The molecule has 1 aliphatic rings. The number of hydrogen-bond donors (Lipinski definition) is 1. The van der Waals surface area contributed by atoms with Crippen molar-refractivity contribution < 1.29 is 9.53 Å². The van der Waals surface area contributed by atoms with Crippen molar-refractivity contribution in [2.75, 3.05) is 19.7 Å². The van der Waals surface area contributed by atoms with Crippen LogP contribution in [-0.2, 0) is 18.2 Å². The number of aromatic nitrogens is 3. The Morgan fingerprint density at radius 1 is 1.42 bits per heavy atom. The molecule has 1 N–H and O–H groups in total. The Morgan fingerprint density at radius 2 is 2.21 bits per heavy atom. The van der Waals surface area contributed by atoms with Gasteiger partial charge in [-0.15, -0.1) is 10.2 Å². The van der Waals surface area contributed by atoms with Crippen molar-refractivity contribution in [3.05, 3.63) is 48.0 Å². The Hall–Kier alpha value is -2.41. The van der Waals surface area contributed by atoms with Crippen LogP contribution < -0.4 is 5.32 Å². The fraction of sp³-hybridized carbons (Fsp3) is 0.471. The molecule has 2 atom stereocenters. The molecule has 1 fully saturated rings. The number of amides is 2. The van der Waals surface area contributed by atoms with E-state index in [-0.39, 0.29) is 18.2 Å². The third-order valence-electron chi connectivity index (χ3n) is 4.21. The number of carbonyl (C=O) groups excluding carboxylic acids is 1. The molecule has 0 radical (unpaired) electrons. The van der Waals surface area contributed by atoms with E-state index in [2.05, 4.69) is 27.6 Å². The van der Waals surface area contributed by atoms with Crippen molar-refractivity contribution in [1.82, 2.24) is 25.0 Å². The minimum atomic E-state index is -0.194. The first-order chi connectivity index (χ1) is 11.6. The van der Waals surface area contributed by atoms with E-state index in [1.165, 1.54) is 5.56 Å². The number of nitrogens with one attached hydrogen (secondary N) is 1. The molecule has 1 aromatic heterocycles. The molecule has 2 aromatic rings. The summed E-state index contributed by atoms with van der Waals surface area (Å²) in [6, 6.07) is 9.92. The predicted octanol–water partition coefficient (Wildman–Crippen LogP) is 1.53. The quantitative estimate of drug-likeness (QED) is 0.923. The van der Waals surface area contributed by atoms with Gasteiger partial charge in [0.25, 0.3) is 0 Å². The first kappa shape index (κ1) is 16.4. The number of urea groups is 1. The van der Waals surface area contributed by atoms with Crippen molar-refractivity contribution in [1.29, 1.82) is 0 Å². The lowest BCUT2D eigenvalue weighted by molar-refractivity contribution is -0.0136. The van der Waals surface area contributed by atoms with Gasteiger partial charge in [0.15, 0.2) is 5.82 Å². The summed E-state index contributed by atoms with van der Waals surface area (Å²) in [4.78, 5) is 14.3. The highest BCUT2D eigenvalue weighted by atomic mass is 16.5. The molecule has 2 amide bonds. The van der Waals surface area contributed by atoms with Crippen LogP contribution in [0.5, 0.6) is 0 Å². The van der Waals surface area contributed by atoms with Gasteiger partial charge in [-0.25, -0.2) is 4.79 Å². The molecule has 7 nitrogen and oxygen atoms in total. The summed E-state index contributed by atoms with van der Waals surface area (Å²) in [6.45, 7) is 3.65. The van der Waals surface area contributed by atoms with Crippen LogP contribution >= 0.6 is 0 Å². The van der Waals surface area contributed by atoms with Crippen molar-refractivity contribution in [3.8, 4) is 0 Å². The molecule has 7 heteroatoms. The third-order valence-corrected chi connectivity index (χ3v) is 4.21. The number of rotatable bonds is 4. The van der Waals surface area contributed by atoms with E-state index in [1.807, 2.05) is 41.6 Å². The van der Waals surface area contributed by atoms with Gasteiger partial charge < -0.3 is 19.5 Å². The van der Waals surface area contributed by atoms with E-state index >= 15 is 0 Å². The number of carbonyl (C=O) groups is 1. The highest BCUT2D eigenvalue weighted by Gasteiger charge is 2.26. The van der Waals surface area contributed by atoms with Gasteiger partial charge in [-0.1, -0.05) is 30.3 Å². The van der Waals surface area contributed by atoms with Crippen LogP contribution in [-0.4, -0.2) is 51.5 Å². The summed E-state index contributed by atoms with van der Waals surface area (Å²) >= 11 is 0. The van der Waals surface area contributed by atoms with Gasteiger partial charge in [0.1, 0.15) is 6.33 Å². The lowest BCUT2D eigenvalue weighted by atomic mass is 10.1. The summed E-state index contributed by atoms with van der Waals surface area (Å²) in [5, 5.41) is 10.9. The maximum absolute atomic E-state index is 12.5. The second kappa shape index (κ2) is 7.44. The molecule has 0 saturated carbocycles. The maximum atomic E-state index is 12.5. The third kappa shape index (κ3) is 3.91. The normalized spacial score (nSPS) is 19.1. The van der Waals surface area contributed by atoms with Gasteiger partial charge in [-0.05, 0) is 12.5 Å². The van der Waals surface area contributed by atoms with Crippen LogP contribution in [0.25, 0.3) is 0 Å². The molecule has 3 rings (SSSR count). The smallest absolute Gasteiger partial charge is 0.318 e. The monoisotopic (exact) mass is 329 g/mol. The molecule has 1 aromatic carbocycles. The van der Waals surface area contributed by atoms with Crippen LogP contribution in [0.3, 0.4) is 0 Å². The van der Waals surface area contributed by atoms with E-state index in [9.17, 15) is 4.79 Å². The van der Waals surface area contributed by atoms with Gasteiger partial charge >= 0.3 is 6.03 Å². The SMILES string of the molecule is CC(NC(=O)N1CCOC(Cc2ccccc2)C1)c1nncn1C. The summed E-state index contributed by atoms with van der Waals surface area (Å²) < 4.78 is 7.62. The minimum Gasteiger partial charge on any atom is -0.374 e. The minimum absolute atomic E-state index is 0.0250. The Balaban J connectivity index is 1.56. The van der Waals surface area contributed by atoms with Gasteiger partial charge in [-0.3, -0.25) is 0 Å². The van der Waals surface area contributed by atoms with Gasteiger partial charge in [-0.2, -0.15) is 0 Å². The Bertz CT molecular complexity index is 673. The summed E-state index contributed by atoms with van der Waals surface area (Å²) in [5.74, 6) is 0.734. The zero-order chi connectivity index (χ0) is 16.9.